The van der Waals surface area contributed by atoms with E-state index >= 15 is 0 Å². The van der Waals surface area contributed by atoms with Gasteiger partial charge in [-0.3, -0.25) is 4.79 Å². The SMILES string of the molecule is COc1ccc(-c2cc(C(=O)N3CCNCC3)c3ccccc3n2)cc1OC. The first kappa shape index (κ1) is 18.3. The molecule has 3 aromatic rings. The first-order valence-corrected chi connectivity index (χ1v) is 9.33. The predicted octanol–water partition coefficient (Wildman–Crippen LogP) is 2.96. The monoisotopic (exact) mass is 377 g/mol. The van der Waals surface area contributed by atoms with E-state index in [0.717, 1.165) is 35.2 Å². The van der Waals surface area contributed by atoms with Crippen molar-refractivity contribution in [1.29, 1.82) is 0 Å². The van der Waals surface area contributed by atoms with Crippen molar-refractivity contribution in [3.05, 3.63) is 54.1 Å². The maximum Gasteiger partial charge on any atom is 0.254 e. The van der Waals surface area contributed by atoms with Gasteiger partial charge in [-0.05, 0) is 30.3 Å². The van der Waals surface area contributed by atoms with Crippen molar-refractivity contribution < 1.29 is 14.3 Å². The Balaban J connectivity index is 1.83. The van der Waals surface area contributed by atoms with Crippen LogP contribution in [0.25, 0.3) is 22.2 Å². The van der Waals surface area contributed by atoms with E-state index in [4.69, 9.17) is 14.5 Å². The number of ether oxygens (including phenoxy) is 2. The van der Waals surface area contributed by atoms with Crippen LogP contribution in [0.3, 0.4) is 0 Å². The highest BCUT2D eigenvalue weighted by molar-refractivity contribution is 6.07. The Labute approximate surface area is 164 Å². The molecule has 4 rings (SSSR count). The highest BCUT2D eigenvalue weighted by Crippen LogP contribution is 2.33. The molecule has 1 N–H and O–H groups in total. The van der Waals surface area contributed by atoms with Gasteiger partial charge < -0.3 is 19.7 Å². The van der Waals surface area contributed by atoms with E-state index in [1.165, 1.54) is 0 Å². The van der Waals surface area contributed by atoms with E-state index in [2.05, 4.69) is 5.32 Å². The summed E-state index contributed by atoms with van der Waals surface area (Å²) in [5.41, 5.74) is 3.08. The molecule has 0 unspecified atom stereocenters. The van der Waals surface area contributed by atoms with E-state index in [1.54, 1.807) is 14.2 Å². The Morgan fingerprint density at radius 2 is 1.75 bits per heavy atom. The number of para-hydroxylation sites is 1. The number of piperazine rings is 1. The summed E-state index contributed by atoms with van der Waals surface area (Å²) >= 11 is 0. The maximum atomic E-state index is 13.2. The highest BCUT2D eigenvalue weighted by atomic mass is 16.5. The van der Waals surface area contributed by atoms with Crippen LogP contribution in [-0.2, 0) is 0 Å². The van der Waals surface area contributed by atoms with Gasteiger partial charge in [-0.25, -0.2) is 4.98 Å². The smallest absolute Gasteiger partial charge is 0.254 e. The molecule has 1 aromatic heterocycles. The largest absolute Gasteiger partial charge is 0.493 e. The van der Waals surface area contributed by atoms with Crippen LogP contribution < -0.4 is 14.8 Å². The zero-order valence-electron chi connectivity index (χ0n) is 16.1. The summed E-state index contributed by atoms with van der Waals surface area (Å²) in [5, 5.41) is 4.16. The molecule has 0 saturated carbocycles. The molecule has 0 spiro atoms. The van der Waals surface area contributed by atoms with Crippen LogP contribution in [0.2, 0.25) is 0 Å². The van der Waals surface area contributed by atoms with E-state index in [-0.39, 0.29) is 5.91 Å². The van der Waals surface area contributed by atoms with Crippen molar-refractivity contribution in [2.75, 3.05) is 40.4 Å². The molecular formula is C22H23N3O3. The Bertz CT molecular complexity index is 1010. The second-order valence-electron chi connectivity index (χ2n) is 6.68. The summed E-state index contributed by atoms with van der Waals surface area (Å²) < 4.78 is 10.8. The fraction of sp³-hybridized carbons (Fsp3) is 0.273. The number of carbonyl (C=O) groups excluding carboxylic acids is 1. The number of hydrogen-bond acceptors (Lipinski definition) is 5. The van der Waals surface area contributed by atoms with Crippen LogP contribution in [0.4, 0.5) is 0 Å². The van der Waals surface area contributed by atoms with Gasteiger partial charge in [0.1, 0.15) is 0 Å². The lowest BCUT2D eigenvalue weighted by molar-refractivity contribution is 0.0738. The molecule has 2 heterocycles. The number of amides is 1. The molecule has 6 nitrogen and oxygen atoms in total. The zero-order chi connectivity index (χ0) is 19.5. The number of hydrogen-bond donors (Lipinski definition) is 1. The zero-order valence-corrected chi connectivity index (χ0v) is 16.1. The summed E-state index contributed by atoms with van der Waals surface area (Å²) in [6.07, 6.45) is 0. The number of nitrogens with one attached hydrogen (secondary N) is 1. The minimum Gasteiger partial charge on any atom is -0.493 e. The molecule has 28 heavy (non-hydrogen) atoms. The lowest BCUT2D eigenvalue weighted by Crippen LogP contribution is -2.46. The molecule has 1 aliphatic heterocycles. The first-order chi connectivity index (χ1) is 13.7. The predicted molar refractivity (Wildman–Crippen MR) is 109 cm³/mol. The molecule has 0 bridgehead atoms. The molecule has 0 aliphatic carbocycles. The van der Waals surface area contributed by atoms with Crippen molar-refractivity contribution in [3.8, 4) is 22.8 Å². The van der Waals surface area contributed by atoms with Crippen molar-refractivity contribution in [2.45, 2.75) is 0 Å². The summed E-state index contributed by atoms with van der Waals surface area (Å²) in [6, 6.07) is 15.3. The molecule has 1 saturated heterocycles. The van der Waals surface area contributed by atoms with Gasteiger partial charge >= 0.3 is 0 Å². The van der Waals surface area contributed by atoms with Crippen LogP contribution in [0.1, 0.15) is 10.4 Å². The number of carbonyl (C=O) groups is 1. The summed E-state index contributed by atoms with van der Waals surface area (Å²) in [7, 11) is 3.21. The average Bonchev–Trinajstić information content (AvgIpc) is 2.77. The van der Waals surface area contributed by atoms with Gasteiger partial charge in [-0.2, -0.15) is 0 Å². The molecule has 2 aromatic carbocycles. The lowest BCUT2D eigenvalue weighted by atomic mass is 10.0. The molecule has 0 radical (unpaired) electrons. The van der Waals surface area contributed by atoms with Crippen molar-refractivity contribution in [2.24, 2.45) is 0 Å². The Kier molecular flexibility index (Phi) is 5.12. The van der Waals surface area contributed by atoms with Gasteiger partial charge in [0.15, 0.2) is 11.5 Å². The fourth-order valence-corrected chi connectivity index (χ4v) is 3.53. The number of rotatable bonds is 4. The number of benzene rings is 2. The van der Waals surface area contributed by atoms with E-state index in [9.17, 15) is 4.79 Å². The third kappa shape index (κ3) is 3.39. The summed E-state index contributed by atoms with van der Waals surface area (Å²) in [6.45, 7) is 3.05. The minimum absolute atomic E-state index is 0.0434. The maximum absolute atomic E-state index is 13.2. The lowest BCUT2D eigenvalue weighted by Gasteiger charge is -2.28. The molecular weight excluding hydrogens is 354 g/mol. The number of nitrogens with zero attached hydrogens (tertiary/aromatic N) is 2. The summed E-state index contributed by atoms with van der Waals surface area (Å²) in [5.74, 6) is 1.33. The van der Waals surface area contributed by atoms with Crippen molar-refractivity contribution in [1.82, 2.24) is 15.2 Å². The number of fused-ring (bicyclic) bond motifs is 1. The van der Waals surface area contributed by atoms with Crippen LogP contribution in [0, 0.1) is 0 Å². The van der Waals surface area contributed by atoms with Gasteiger partial charge in [-0.1, -0.05) is 18.2 Å². The minimum atomic E-state index is 0.0434. The molecule has 0 atom stereocenters. The van der Waals surface area contributed by atoms with Gasteiger partial charge in [-0.15, -0.1) is 0 Å². The normalized spacial score (nSPS) is 14.1. The second-order valence-corrected chi connectivity index (χ2v) is 6.68. The number of aromatic nitrogens is 1. The second kappa shape index (κ2) is 7.86. The number of methoxy groups -OCH3 is 2. The summed E-state index contributed by atoms with van der Waals surface area (Å²) in [4.78, 5) is 19.9. The van der Waals surface area contributed by atoms with E-state index in [0.29, 0.717) is 30.2 Å². The molecule has 6 heteroatoms. The van der Waals surface area contributed by atoms with E-state index in [1.807, 2.05) is 53.4 Å². The van der Waals surface area contributed by atoms with Gasteiger partial charge in [0.25, 0.3) is 5.91 Å². The molecule has 1 fully saturated rings. The highest BCUT2D eigenvalue weighted by Gasteiger charge is 2.21. The Hall–Kier alpha value is -3.12. The van der Waals surface area contributed by atoms with Crippen molar-refractivity contribution in [3.63, 3.8) is 0 Å². The molecule has 144 valence electrons. The average molecular weight is 377 g/mol. The third-order valence-corrected chi connectivity index (χ3v) is 5.03. The Morgan fingerprint density at radius 3 is 2.50 bits per heavy atom. The van der Waals surface area contributed by atoms with Crippen molar-refractivity contribution >= 4 is 16.8 Å². The molecule has 1 aliphatic rings. The van der Waals surface area contributed by atoms with Crippen LogP contribution in [-0.4, -0.2) is 56.2 Å². The quantitative estimate of drug-likeness (QED) is 0.757. The van der Waals surface area contributed by atoms with Gasteiger partial charge in [0.05, 0.1) is 31.0 Å². The van der Waals surface area contributed by atoms with Crippen LogP contribution in [0.5, 0.6) is 11.5 Å². The first-order valence-electron chi connectivity index (χ1n) is 9.33. The fourth-order valence-electron chi connectivity index (χ4n) is 3.53. The van der Waals surface area contributed by atoms with E-state index < -0.39 is 0 Å². The van der Waals surface area contributed by atoms with Crippen LogP contribution in [0.15, 0.2) is 48.5 Å². The molecule has 1 amide bonds. The topological polar surface area (TPSA) is 63.7 Å². The third-order valence-electron chi connectivity index (χ3n) is 5.03. The van der Waals surface area contributed by atoms with Crippen LogP contribution >= 0.6 is 0 Å². The number of pyridine rings is 1. The standard InChI is InChI=1S/C22H23N3O3/c1-27-20-8-7-15(13-21(20)28-2)19-14-17(16-5-3-4-6-18(16)24-19)22(26)25-11-9-23-10-12-25/h3-8,13-14,23H,9-12H2,1-2H3. The Morgan fingerprint density at radius 1 is 1.00 bits per heavy atom. The van der Waals surface area contributed by atoms with Gasteiger partial charge in [0.2, 0.25) is 0 Å². The van der Waals surface area contributed by atoms with Gasteiger partial charge in [0, 0.05) is 37.1 Å².